The molecule has 0 saturated carbocycles. The van der Waals surface area contributed by atoms with Crippen molar-refractivity contribution in [2.75, 3.05) is 7.05 Å². The Morgan fingerprint density at radius 3 is 2.77 bits per heavy atom. The van der Waals surface area contributed by atoms with E-state index in [1.165, 1.54) is 0 Å². The van der Waals surface area contributed by atoms with Gasteiger partial charge in [-0.25, -0.2) is 0 Å². The van der Waals surface area contributed by atoms with Gasteiger partial charge in [-0.1, -0.05) is 18.2 Å². The Labute approximate surface area is 129 Å². The standard InChI is InChI=1S/C18H20N2O2/c1-12-17(15-8-4-5-9-16(15)19-12)18(21)13(2)20(3)11-14-7-6-10-22-14/h4-10,13,19H,11H2,1-3H3/p+1/t13-/m1/s1. The Bertz CT molecular complexity index is 787. The first kappa shape index (κ1) is 14.6. The molecule has 4 heteroatoms. The molecule has 0 aliphatic heterocycles. The molecule has 4 nitrogen and oxygen atoms in total. The third-order valence-electron chi connectivity index (χ3n) is 4.31. The molecule has 0 aliphatic rings. The van der Waals surface area contributed by atoms with Gasteiger partial charge in [-0.15, -0.1) is 0 Å². The number of aryl methyl sites for hydroxylation is 1. The lowest BCUT2D eigenvalue weighted by atomic mass is 10.0. The molecule has 22 heavy (non-hydrogen) atoms. The molecule has 0 aliphatic carbocycles. The lowest BCUT2D eigenvalue weighted by Gasteiger charge is -2.19. The van der Waals surface area contributed by atoms with Gasteiger partial charge in [0.2, 0.25) is 5.78 Å². The fourth-order valence-corrected chi connectivity index (χ4v) is 2.88. The van der Waals surface area contributed by atoms with E-state index in [9.17, 15) is 4.79 Å². The molecule has 1 aromatic carbocycles. The molecule has 3 rings (SSSR count). The van der Waals surface area contributed by atoms with Gasteiger partial charge in [0.1, 0.15) is 12.6 Å². The van der Waals surface area contributed by atoms with Crippen molar-refractivity contribution in [3.63, 3.8) is 0 Å². The molecule has 114 valence electrons. The highest BCUT2D eigenvalue weighted by atomic mass is 16.3. The van der Waals surface area contributed by atoms with Gasteiger partial charge in [0.05, 0.1) is 18.9 Å². The topological polar surface area (TPSA) is 50.4 Å². The van der Waals surface area contributed by atoms with Crippen LogP contribution in [0.3, 0.4) is 0 Å². The molecule has 0 saturated heterocycles. The fraction of sp³-hybridized carbons (Fsp3) is 0.278. The summed E-state index contributed by atoms with van der Waals surface area (Å²) in [6, 6.07) is 11.6. The van der Waals surface area contributed by atoms with Crippen LogP contribution in [0.25, 0.3) is 10.9 Å². The van der Waals surface area contributed by atoms with Crippen molar-refractivity contribution in [3.8, 4) is 0 Å². The Balaban J connectivity index is 1.87. The first-order valence-corrected chi connectivity index (χ1v) is 7.54. The summed E-state index contributed by atoms with van der Waals surface area (Å²) in [5.41, 5.74) is 2.75. The summed E-state index contributed by atoms with van der Waals surface area (Å²) in [6.07, 6.45) is 1.67. The third-order valence-corrected chi connectivity index (χ3v) is 4.31. The van der Waals surface area contributed by atoms with Crippen LogP contribution in [0.1, 0.15) is 28.7 Å². The minimum atomic E-state index is -0.136. The second-order valence-corrected chi connectivity index (χ2v) is 5.86. The molecule has 0 amide bonds. The van der Waals surface area contributed by atoms with Gasteiger partial charge in [0.15, 0.2) is 5.76 Å². The van der Waals surface area contributed by atoms with Crippen molar-refractivity contribution >= 4 is 16.7 Å². The number of fused-ring (bicyclic) bond motifs is 1. The van der Waals surface area contributed by atoms with Gasteiger partial charge in [-0.05, 0) is 32.0 Å². The van der Waals surface area contributed by atoms with Crippen LogP contribution in [-0.2, 0) is 6.54 Å². The molecule has 0 bridgehead atoms. The number of carbonyl (C=O) groups is 1. The predicted octanol–water partition coefficient (Wildman–Crippen LogP) is 2.36. The van der Waals surface area contributed by atoms with E-state index in [0.29, 0.717) is 6.54 Å². The number of rotatable bonds is 5. The molecule has 2 heterocycles. The average molecular weight is 297 g/mol. The summed E-state index contributed by atoms with van der Waals surface area (Å²) >= 11 is 0. The van der Waals surface area contributed by atoms with Gasteiger partial charge in [0.25, 0.3) is 0 Å². The van der Waals surface area contributed by atoms with Crippen LogP contribution in [0.5, 0.6) is 0 Å². The van der Waals surface area contributed by atoms with Crippen molar-refractivity contribution in [2.24, 2.45) is 0 Å². The lowest BCUT2D eigenvalue weighted by Crippen LogP contribution is -3.12. The van der Waals surface area contributed by atoms with Crippen LogP contribution in [0.2, 0.25) is 0 Å². The highest BCUT2D eigenvalue weighted by Gasteiger charge is 2.27. The van der Waals surface area contributed by atoms with Crippen molar-refractivity contribution in [1.29, 1.82) is 0 Å². The number of ketones is 1. The number of likely N-dealkylation sites (N-methyl/N-ethyl adjacent to an activating group) is 1. The summed E-state index contributed by atoms with van der Waals surface area (Å²) in [6.45, 7) is 4.63. The first-order chi connectivity index (χ1) is 10.6. The Morgan fingerprint density at radius 1 is 1.27 bits per heavy atom. The van der Waals surface area contributed by atoms with Crippen molar-refractivity contribution in [1.82, 2.24) is 4.98 Å². The number of hydrogen-bond acceptors (Lipinski definition) is 2. The zero-order valence-corrected chi connectivity index (χ0v) is 13.1. The van der Waals surface area contributed by atoms with E-state index in [0.717, 1.165) is 32.8 Å². The molecule has 0 radical (unpaired) electrons. The summed E-state index contributed by atoms with van der Waals surface area (Å²) in [7, 11) is 2.02. The normalized spacial score (nSPS) is 14.1. The van der Waals surface area contributed by atoms with Crippen molar-refractivity contribution in [2.45, 2.75) is 26.4 Å². The molecule has 2 N–H and O–H groups in total. The van der Waals surface area contributed by atoms with E-state index in [1.54, 1.807) is 6.26 Å². The first-order valence-electron chi connectivity index (χ1n) is 7.54. The summed E-state index contributed by atoms with van der Waals surface area (Å²) in [5, 5.41) is 1.00. The molecule has 2 atom stereocenters. The van der Waals surface area contributed by atoms with Crippen molar-refractivity contribution < 1.29 is 14.1 Å². The van der Waals surface area contributed by atoms with E-state index in [4.69, 9.17) is 4.42 Å². The predicted molar refractivity (Wildman–Crippen MR) is 86.1 cm³/mol. The summed E-state index contributed by atoms with van der Waals surface area (Å²) in [4.78, 5) is 17.4. The van der Waals surface area contributed by atoms with Crippen LogP contribution in [0, 0.1) is 6.92 Å². The highest BCUT2D eigenvalue weighted by Crippen LogP contribution is 2.22. The number of aromatic amines is 1. The number of benzene rings is 1. The van der Waals surface area contributed by atoms with E-state index in [2.05, 4.69) is 4.98 Å². The van der Waals surface area contributed by atoms with Gasteiger partial charge < -0.3 is 14.3 Å². The number of hydrogen-bond donors (Lipinski definition) is 2. The molecule has 1 unspecified atom stereocenters. The molecule has 3 aromatic rings. The van der Waals surface area contributed by atoms with Crippen LogP contribution >= 0.6 is 0 Å². The van der Waals surface area contributed by atoms with Gasteiger partial charge in [0, 0.05) is 16.6 Å². The maximum atomic E-state index is 12.9. The maximum absolute atomic E-state index is 12.9. The smallest absolute Gasteiger partial charge is 0.222 e. The Kier molecular flexibility index (Phi) is 3.86. The number of Topliss-reactive ketones (excluding diaryl/α,β-unsaturated/α-hetero) is 1. The lowest BCUT2D eigenvalue weighted by molar-refractivity contribution is -0.908. The summed E-state index contributed by atoms with van der Waals surface area (Å²) < 4.78 is 5.38. The average Bonchev–Trinajstić information content (AvgIpc) is 3.12. The number of nitrogens with one attached hydrogen (secondary N) is 2. The fourth-order valence-electron chi connectivity index (χ4n) is 2.88. The number of aromatic nitrogens is 1. The van der Waals surface area contributed by atoms with Crippen LogP contribution < -0.4 is 4.90 Å². The molecular formula is C18H21N2O2+. The zero-order valence-electron chi connectivity index (χ0n) is 13.1. The molecular weight excluding hydrogens is 276 g/mol. The van der Waals surface area contributed by atoms with E-state index in [-0.39, 0.29) is 11.8 Å². The second kappa shape index (κ2) is 5.81. The van der Waals surface area contributed by atoms with Crippen molar-refractivity contribution in [3.05, 3.63) is 59.7 Å². The quantitative estimate of drug-likeness (QED) is 0.710. The largest absolute Gasteiger partial charge is 0.463 e. The van der Waals surface area contributed by atoms with E-state index in [1.807, 2.05) is 57.3 Å². The summed E-state index contributed by atoms with van der Waals surface area (Å²) in [5.74, 6) is 1.06. The third kappa shape index (κ3) is 2.57. The van der Waals surface area contributed by atoms with E-state index < -0.39 is 0 Å². The minimum Gasteiger partial charge on any atom is -0.463 e. The zero-order chi connectivity index (χ0) is 15.7. The monoisotopic (exact) mass is 297 g/mol. The van der Waals surface area contributed by atoms with E-state index >= 15 is 0 Å². The van der Waals surface area contributed by atoms with Crippen LogP contribution in [0.4, 0.5) is 0 Å². The number of furan rings is 1. The van der Waals surface area contributed by atoms with Gasteiger partial charge >= 0.3 is 0 Å². The Hall–Kier alpha value is -2.33. The minimum absolute atomic E-state index is 0.136. The van der Waals surface area contributed by atoms with Gasteiger partial charge in [-0.3, -0.25) is 4.79 Å². The highest BCUT2D eigenvalue weighted by molar-refractivity contribution is 6.10. The number of carbonyl (C=O) groups excluding carboxylic acids is 1. The number of H-pyrrole nitrogens is 1. The Morgan fingerprint density at radius 2 is 2.05 bits per heavy atom. The maximum Gasteiger partial charge on any atom is 0.222 e. The molecule has 0 spiro atoms. The molecule has 2 aromatic heterocycles. The van der Waals surface area contributed by atoms with Gasteiger partial charge in [-0.2, -0.15) is 0 Å². The number of para-hydroxylation sites is 1. The van der Waals surface area contributed by atoms with Crippen LogP contribution in [0.15, 0.2) is 47.1 Å². The van der Waals surface area contributed by atoms with Crippen LogP contribution in [-0.4, -0.2) is 23.9 Å². The SMILES string of the molecule is Cc1[nH]c2ccccc2c1C(=O)[C@@H](C)[NH+](C)Cc1ccco1. The number of quaternary nitrogens is 1. The second-order valence-electron chi connectivity index (χ2n) is 5.86. The molecule has 0 fully saturated rings.